The highest BCUT2D eigenvalue weighted by Gasteiger charge is 2.15. The van der Waals surface area contributed by atoms with Gasteiger partial charge in [-0.3, -0.25) is 14.6 Å². The van der Waals surface area contributed by atoms with E-state index in [4.69, 9.17) is 0 Å². The molecule has 2 N–H and O–H groups in total. The molecule has 2 aromatic carbocycles. The van der Waals surface area contributed by atoms with E-state index >= 15 is 0 Å². The maximum Gasteiger partial charge on any atom is 0.273 e. The van der Waals surface area contributed by atoms with E-state index < -0.39 is 5.91 Å². The summed E-state index contributed by atoms with van der Waals surface area (Å²) in [5.74, 6) is -1.26. The monoisotopic (exact) mass is 440 g/mol. The molecule has 0 fully saturated rings. The van der Waals surface area contributed by atoms with E-state index in [9.17, 15) is 14.0 Å². The summed E-state index contributed by atoms with van der Waals surface area (Å²) in [5.41, 5.74) is 3.94. The van der Waals surface area contributed by atoms with Crippen molar-refractivity contribution in [1.29, 1.82) is 0 Å². The van der Waals surface area contributed by atoms with Gasteiger partial charge in [-0.25, -0.2) is 9.82 Å². The second kappa shape index (κ2) is 9.01. The van der Waals surface area contributed by atoms with Crippen molar-refractivity contribution in [3.05, 3.63) is 94.0 Å². The standard InChI is InChI=1S/C20H14BrFN4O2/c21-15-5-8-18(25-19(27)14-2-1-9-23-12-14)17(10-15)20(28)26-24-11-13-3-6-16(22)7-4-13/h1-12H,(H,25,27)(H,26,28). The molecule has 0 spiro atoms. The van der Waals surface area contributed by atoms with Crippen molar-refractivity contribution in [3.8, 4) is 0 Å². The summed E-state index contributed by atoms with van der Waals surface area (Å²) in [6.07, 6.45) is 4.39. The fourth-order valence-corrected chi connectivity index (χ4v) is 2.64. The number of benzene rings is 2. The van der Waals surface area contributed by atoms with Crippen molar-refractivity contribution in [2.24, 2.45) is 5.10 Å². The van der Waals surface area contributed by atoms with E-state index in [2.05, 4.69) is 36.8 Å². The van der Waals surface area contributed by atoms with Gasteiger partial charge in [-0.2, -0.15) is 5.10 Å². The van der Waals surface area contributed by atoms with Crippen molar-refractivity contribution in [3.63, 3.8) is 0 Å². The average Bonchev–Trinajstić information content (AvgIpc) is 2.71. The Hall–Kier alpha value is -3.39. The van der Waals surface area contributed by atoms with Crippen molar-refractivity contribution in [2.45, 2.75) is 0 Å². The summed E-state index contributed by atoms with van der Waals surface area (Å²) in [6, 6.07) is 13.8. The molecule has 28 heavy (non-hydrogen) atoms. The summed E-state index contributed by atoms with van der Waals surface area (Å²) in [6.45, 7) is 0. The molecule has 0 atom stereocenters. The van der Waals surface area contributed by atoms with Gasteiger partial charge in [0, 0.05) is 16.9 Å². The Morgan fingerprint density at radius 3 is 2.57 bits per heavy atom. The van der Waals surface area contributed by atoms with E-state index in [0.717, 1.165) is 0 Å². The Balaban J connectivity index is 1.75. The van der Waals surface area contributed by atoms with Gasteiger partial charge in [-0.15, -0.1) is 0 Å². The second-order valence-corrected chi connectivity index (χ2v) is 6.55. The lowest BCUT2D eigenvalue weighted by molar-refractivity contribution is 0.0956. The zero-order valence-corrected chi connectivity index (χ0v) is 16.0. The van der Waals surface area contributed by atoms with E-state index in [1.807, 2.05) is 0 Å². The van der Waals surface area contributed by atoms with Gasteiger partial charge < -0.3 is 5.32 Å². The minimum Gasteiger partial charge on any atom is -0.321 e. The van der Waals surface area contributed by atoms with Crippen LogP contribution in [0.4, 0.5) is 10.1 Å². The first-order valence-corrected chi connectivity index (χ1v) is 8.92. The van der Waals surface area contributed by atoms with Gasteiger partial charge in [0.25, 0.3) is 11.8 Å². The predicted molar refractivity (Wildman–Crippen MR) is 108 cm³/mol. The predicted octanol–water partition coefficient (Wildman–Crippen LogP) is 4.00. The molecule has 0 bridgehead atoms. The Bertz CT molecular complexity index is 1020. The highest BCUT2D eigenvalue weighted by Crippen LogP contribution is 2.22. The van der Waals surface area contributed by atoms with Gasteiger partial charge >= 0.3 is 0 Å². The Morgan fingerprint density at radius 2 is 1.86 bits per heavy atom. The van der Waals surface area contributed by atoms with Crippen LogP contribution >= 0.6 is 15.9 Å². The van der Waals surface area contributed by atoms with Gasteiger partial charge in [-0.1, -0.05) is 28.1 Å². The molecule has 3 aromatic rings. The number of pyridine rings is 1. The molecule has 3 rings (SSSR count). The van der Waals surface area contributed by atoms with Gasteiger partial charge in [0.1, 0.15) is 5.82 Å². The zero-order valence-electron chi connectivity index (χ0n) is 14.4. The number of halogens is 2. The lowest BCUT2D eigenvalue weighted by Crippen LogP contribution is -2.21. The molecule has 0 saturated heterocycles. The Morgan fingerprint density at radius 1 is 1.07 bits per heavy atom. The number of nitrogens with one attached hydrogen (secondary N) is 2. The average molecular weight is 441 g/mol. The SMILES string of the molecule is O=C(Nc1ccc(Br)cc1C(=O)NN=Cc1ccc(F)cc1)c1cccnc1. The van der Waals surface area contributed by atoms with Crippen LogP contribution in [0.3, 0.4) is 0 Å². The molecule has 6 nitrogen and oxygen atoms in total. The van der Waals surface area contributed by atoms with Crippen LogP contribution in [0.2, 0.25) is 0 Å². The van der Waals surface area contributed by atoms with Crippen LogP contribution in [0.5, 0.6) is 0 Å². The van der Waals surface area contributed by atoms with Gasteiger partial charge in [0.2, 0.25) is 0 Å². The van der Waals surface area contributed by atoms with Crippen LogP contribution in [0, 0.1) is 5.82 Å². The summed E-state index contributed by atoms with van der Waals surface area (Å²) in [5, 5.41) is 6.57. The summed E-state index contributed by atoms with van der Waals surface area (Å²) in [4.78, 5) is 28.8. The van der Waals surface area contributed by atoms with Crippen LogP contribution < -0.4 is 10.7 Å². The lowest BCUT2D eigenvalue weighted by Gasteiger charge is -2.10. The molecule has 0 aliphatic heterocycles. The fraction of sp³-hybridized carbons (Fsp3) is 0. The molecule has 2 amide bonds. The number of anilines is 1. The van der Waals surface area contributed by atoms with E-state index in [1.54, 1.807) is 36.5 Å². The molecule has 1 heterocycles. The number of carbonyl (C=O) groups excluding carboxylic acids is 2. The van der Waals surface area contributed by atoms with Crippen LogP contribution in [0.25, 0.3) is 0 Å². The Kier molecular flexibility index (Phi) is 6.23. The lowest BCUT2D eigenvalue weighted by atomic mass is 10.1. The first-order chi connectivity index (χ1) is 13.5. The number of hydrazone groups is 1. The van der Waals surface area contributed by atoms with Gasteiger partial charge in [0.05, 0.1) is 23.0 Å². The largest absolute Gasteiger partial charge is 0.321 e. The maximum atomic E-state index is 12.9. The van der Waals surface area contributed by atoms with Crippen molar-refractivity contribution >= 4 is 39.6 Å². The number of rotatable bonds is 5. The molecular formula is C20H14BrFN4O2. The van der Waals surface area contributed by atoms with Crippen molar-refractivity contribution in [2.75, 3.05) is 5.32 Å². The third kappa shape index (κ3) is 5.08. The highest BCUT2D eigenvalue weighted by molar-refractivity contribution is 9.10. The van der Waals surface area contributed by atoms with Crippen LogP contribution in [-0.4, -0.2) is 23.0 Å². The topological polar surface area (TPSA) is 83.5 Å². The first-order valence-electron chi connectivity index (χ1n) is 8.13. The summed E-state index contributed by atoms with van der Waals surface area (Å²) < 4.78 is 13.6. The fourth-order valence-electron chi connectivity index (χ4n) is 2.28. The molecular weight excluding hydrogens is 427 g/mol. The highest BCUT2D eigenvalue weighted by atomic mass is 79.9. The zero-order chi connectivity index (χ0) is 19.9. The van der Waals surface area contributed by atoms with Crippen LogP contribution in [0.15, 0.2) is 76.6 Å². The molecule has 140 valence electrons. The quantitative estimate of drug-likeness (QED) is 0.464. The van der Waals surface area contributed by atoms with E-state index in [-0.39, 0.29) is 17.3 Å². The number of hydrogen-bond donors (Lipinski definition) is 2. The van der Waals surface area contributed by atoms with Crippen LogP contribution in [0.1, 0.15) is 26.3 Å². The molecule has 0 saturated carbocycles. The van der Waals surface area contributed by atoms with E-state index in [1.165, 1.54) is 36.7 Å². The Labute approximate surface area is 168 Å². The molecule has 8 heteroatoms. The molecule has 0 radical (unpaired) electrons. The number of nitrogens with zero attached hydrogens (tertiary/aromatic N) is 2. The number of amides is 2. The van der Waals surface area contributed by atoms with E-state index in [0.29, 0.717) is 21.3 Å². The number of carbonyl (C=O) groups is 2. The second-order valence-electron chi connectivity index (χ2n) is 5.64. The summed E-state index contributed by atoms with van der Waals surface area (Å²) >= 11 is 3.31. The number of aromatic nitrogens is 1. The van der Waals surface area contributed by atoms with Crippen molar-refractivity contribution in [1.82, 2.24) is 10.4 Å². The normalized spacial score (nSPS) is 10.6. The summed E-state index contributed by atoms with van der Waals surface area (Å²) in [7, 11) is 0. The maximum absolute atomic E-state index is 12.9. The smallest absolute Gasteiger partial charge is 0.273 e. The van der Waals surface area contributed by atoms with Gasteiger partial charge in [0.15, 0.2) is 0 Å². The molecule has 1 aromatic heterocycles. The number of hydrogen-bond acceptors (Lipinski definition) is 4. The minimum atomic E-state index is -0.513. The first kappa shape index (κ1) is 19.4. The third-order valence-corrected chi connectivity index (χ3v) is 4.14. The van der Waals surface area contributed by atoms with Crippen molar-refractivity contribution < 1.29 is 14.0 Å². The minimum absolute atomic E-state index is 0.225. The molecule has 0 aliphatic carbocycles. The van der Waals surface area contributed by atoms with Crippen LogP contribution in [-0.2, 0) is 0 Å². The molecule has 0 unspecified atom stereocenters. The van der Waals surface area contributed by atoms with Gasteiger partial charge in [-0.05, 0) is 48.0 Å². The molecule has 0 aliphatic rings. The third-order valence-electron chi connectivity index (χ3n) is 3.65.